The quantitative estimate of drug-likeness (QED) is 0.692. The summed E-state index contributed by atoms with van der Waals surface area (Å²) in [4.78, 5) is 0. The van der Waals surface area contributed by atoms with Crippen molar-refractivity contribution in [3.05, 3.63) is 23.3 Å². The van der Waals surface area contributed by atoms with E-state index in [2.05, 4.69) is 11.6 Å². The van der Waals surface area contributed by atoms with Gasteiger partial charge in [0.1, 0.15) is 0 Å². The minimum atomic E-state index is -3.32. The molecule has 1 heterocycles. The number of phenols is 2. The van der Waals surface area contributed by atoms with E-state index < -0.39 is 16.1 Å². The molecule has 0 saturated carbocycles. The molecule has 0 bridgehead atoms. The van der Waals surface area contributed by atoms with Crippen LogP contribution in [-0.2, 0) is 21.2 Å². The van der Waals surface area contributed by atoms with Gasteiger partial charge in [-0.3, -0.25) is 0 Å². The van der Waals surface area contributed by atoms with Crippen molar-refractivity contribution < 1.29 is 23.4 Å². The fourth-order valence-corrected chi connectivity index (χ4v) is 3.18. The molecular weight excluding hydrogens is 306 g/mol. The van der Waals surface area contributed by atoms with Crippen LogP contribution in [-0.4, -0.2) is 37.5 Å². The molecule has 0 saturated heterocycles. The van der Waals surface area contributed by atoms with Crippen molar-refractivity contribution in [2.75, 3.05) is 12.8 Å². The summed E-state index contributed by atoms with van der Waals surface area (Å²) in [5, 5.41) is 19.8. The number of benzene rings is 1. The first-order valence-electron chi connectivity index (χ1n) is 7.45. The summed E-state index contributed by atoms with van der Waals surface area (Å²) in [5.74, 6) is -0.295. The van der Waals surface area contributed by atoms with E-state index in [1.807, 2.05) is 0 Å². The fraction of sp³-hybridized carbons (Fsp3) is 0.600. The van der Waals surface area contributed by atoms with Crippen LogP contribution in [0.2, 0.25) is 0 Å². The lowest BCUT2D eigenvalue weighted by Crippen LogP contribution is -2.34. The second-order valence-corrected chi connectivity index (χ2v) is 7.55. The van der Waals surface area contributed by atoms with Crippen LogP contribution in [0.5, 0.6) is 11.5 Å². The highest BCUT2D eigenvalue weighted by Gasteiger charge is 2.30. The molecule has 22 heavy (non-hydrogen) atoms. The predicted octanol–water partition coefficient (Wildman–Crippen LogP) is 1.82. The third-order valence-electron chi connectivity index (χ3n) is 3.84. The van der Waals surface area contributed by atoms with Gasteiger partial charge in [0, 0.05) is 18.5 Å². The van der Waals surface area contributed by atoms with Crippen LogP contribution < -0.4 is 4.72 Å². The topological polar surface area (TPSA) is 95.9 Å². The number of phenolic OH excluding ortho intramolecular Hbond substituents is 2. The summed E-state index contributed by atoms with van der Waals surface area (Å²) in [6.45, 7) is 2.20. The van der Waals surface area contributed by atoms with Gasteiger partial charge in [-0.15, -0.1) is 0 Å². The van der Waals surface area contributed by atoms with Gasteiger partial charge >= 0.3 is 0 Å². The van der Waals surface area contributed by atoms with Gasteiger partial charge in [0.25, 0.3) is 0 Å². The van der Waals surface area contributed by atoms with Gasteiger partial charge in [-0.25, -0.2) is 13.1 Å². The van der Waals surface area contributed by atoms with E-state index in [-0.39, 0.29) is 24.1 Å². The van der Waals surface area contributed by atoms with Gasteiger partial charge in [-0.2, -0.15) is 0 Å². The van der Waals surface area contributed by atoms with Gasteiger partial charge < -0.3 is 14.9 Å². The molecule has 1 aliphatic heterocycles. The Labute approximate surface area is 131 Å². The molecule has 0 radical (unpaired) electrons. The predicted molar refractivity (Wildman–Crippen MR) is 83.5 cm³/mol. The Bertz CT molecular complexity index is 629. The maximum Gasteiger partial charge on any atom is 0.208 e. The number of hydrogen-bond acceptors (Lipinski definition) is 5. The lowest BCUT2D eigenvalue weighted by atomic mass is 9.91. The number of sulfonamides is 1. The number of fused-ring (bicyclic) bond motifs is 1. The van der Waals surface area contributed by atoms with Crippen LogP contribution in [0.1, 0.15) is 43.4 Å². The lowest BCUT2D eigenvalue weighted by Gasteiger charge is -2.33. The van der Waals surface area contributed by atoms with Crippen LogP contribution in [0.4, 0.5) is 0 Å². The highest BCUT2D eigenvalue weighted by Crippen LogP contribution is 2.40. The zero-order chi connectivity index (χ0) is 16.3. The average molecular weight is 329 g/mol. The van der Waals surface area contributed by atoms with E-state index in [1.165, 1.54) is 6.07 Å². The molecule has 2 rings (SSSR count). The Hall–Kier alpha value is -1.31. The number of hydrogen-bond donors (Lipinski definition) is 3. The minimum Gasteiger partial charge on any atom is -0.504 e. The second-order valence-electron chi connectivity index (χ2n) is 5.71. The maximum absolute atomic E-state index is 11.3. The fourth-order valence-electron chi connectivity index (χ4n) is 2.72. The Balaban J connectivity index is 2.27. The molecule has 3 N–H and O–H groups in total. The third kappa shape index (κ3) is 4.12. The molecule has 1 aromatic carbocycles. The standard InChI is InChI=1S/C15H23NO5S/c1-3-4-5-10-8-12-11(6-7-13(17)15(12)18)14(21-10)9-16-22(2,19)20/h6-7,10,14,16-18H,3-5,8-9H2,1-2H3. The molecule has 0 aromatic heterocycles. The lowest BCUT2D eigenvalue weighted by molar-refractivity contribution is -0.0278. The van der Waals surface area contributed by atoms with Crippen molar-refractivity contribution in [1.82, 2.24) is 4.72 Å². The monoisotopic (exact) mass is 329 g/mol. The molecule has 1 aromatic rings. The van der Waals surface area contributed by atoms with E-state index in [9.17, 15) is 18.6 Å². The van der Waals surface area contributed by atoms with Crippen molar-refractivity contribution in [3.63, 3.8) is 0 Å². The highest BCUT2D eigenvalue weighted by atomic mass is 32.2. The summed E-state index contributed by atoms with van der Waals surface area (Å²) in [6.07, 6.45) is 3.92. The molecule has 6 nitrogen and oxygen atoms in total. The number of aromatic hydroxyl groups is 2. The molecule has 1 aliphatic rings. The van der Waals surface area contributed by atoms with Crippen molar-refractivity contribution >= 4 is 10.0 Å². The minimum absolute atomic E-state index is 0.0912. The van der Waals surface area contributed by atoms with Crippen LogP contribution in [0.25, 0.3) is 0 Å². The van der Waals surface area contributed by atoms with Gasteiger partial charge in [0.05, 0.1) is 18.5 Å². The number of nitrogens with one attached hydrogen (secondary N) is 1. The molecule has 0 aliphatic carbocycles. The van der Waals surface area contributed by atoms with E-state index >= 15 is 0 Å². The van der Waals surface area contributed by atoms with Crippen LogP contribution >= 0.6 is 0 Å². The Morgan fingerprint density at radius 3 is 2.73 bits per heavy atom. The van der Waals surface area contributed by atoms with E-state index in [0.717, 1.165) is 31.1 Å². The summed E-state index contributed by atoms with van der Waals surface area (Å²) >= 11 is 0. The Morgan fingerprint density at radius 2 is 2.09 bits per heavy atom. The van der Waals surface area contributed by atoms with E-state index in [4.69, 9.17) is 4.74 Å². The Morgan fingerprint density at radius 1 is 1.36 bits per heavy atom. The van der Waals surface area contributed by atoms with Crippen molar-refractivity contribution in [2.24, 2.45) is 0 Å². The molecule has 0 fully saturated rings. The van der Waals surface area contributed by atoms with Crippen molar-refractivity contribution in [2.45, 2.75) is 44.8 Å². The zero-order valence-electron chi connectivity index (χ0n) is 12.9. The maximum atomic E-state index is 11.3. The normalized spacial score (nSPS) is 21.5. The number of unbranched alkanes of at least 4 members (excludes halogenated alkanes) is 1. The number of ether oxygens (including phenoxy) is 1. The van der Waals surface area contributed by atoms with Crippen molar-refractivity contribution in [1.29, 1.82) is 0 Å². The van der Waals surface area contributed by atoms with Crippen molar-refractivity contribution in [3.8, 4) is 11.5 Å². The summed E-state index contributed by atoms with van der Waals surface area (Å²) < 4.78 is 31.0. The van der Waals surface area contributed by atoms with E-state index in [1.54, 1.807) is 6.07 Å². The first-order chi connectivity index (χ1) is 10.3. The SMILES string of the molecule is CCCCC1Cc2c(ccc(O)c2O)C(CNS(C)(=O)=O)O1. The molecule has 0 amide bonds. The third-order valence-corrected chi connectivity index (χ3v) is 4.53. The second kappa shape index (κ2) is 6.85. The zero-order valence-corrected chi connectivity index (χ0v) is 13.7. The summed E-state index contributed by atoms with van der Waals surface area (Å²) in [5.41, 5.74) is 1.37. The summed E-state index contributed by atoms with van der Waals surface area (Å²) in [6, 6.07) is 3.08. The van der Waals surface area contributed by atoms with Crippen LogP contribution in [0.15, 0.2) is 12.1 Å². The van der Waals surface area contributed by atoms with Gasteiger partial charge in [0.2, 0.25) is 10.0 Å². The van der Waals surface area contributed by atoms with Crippen LogP contribution in [0, 0.1) is 0 Å². The van der Waals surface area contributed by atoms with Gasteiger partial charge in [0.15, 0.2) is 11.5 Å². The first-order valence-corrected chi connectivity index (χ1v) is 9.34. The summed E-state index contributed by atoms with van der Waals surface area (Å²) in [7, 11) is -3.32. The molecule has 7 heteroatoms. The van der Waals surface area contributed by atoms with Gasteiger partial charge in [-0.05, 0) is 18.1 Å². The molecule has 2 unspecified atom stereocenters. The molecular formula is C15H23NO5S. The van der Waals surface area contributed by atoms with E-state index in [0.29, 0.717) is 12.0 Å². The first kappa shape index (κ1) is 17.1. The largest absolute Gasteiger partial charge is 0.504 e. The van der Waals surface area contributed by atoms with Gasteiger partial charge in [-0.1, -0.05) is 25.8 Å². The molecule has 0 spiro atoms. The highest BCUT2D eigenvalue weighted by molar-refractivity contribution is 7.88. The van der Waals surface area contributed by atoms with Crippen LogP contribution in [0.3, 0.4) is 0 Å². The molecule has 2 atom stereocenters. The Kier molecular flexibility index (Phi) is 5.31. The number of rotatable bonds is 6. The smallest absolute Gasteiger partial charge is 0.208 e. The average Bonchev–Trinajstić information content (AvgIpc) is 2.46. The molecule has 124 valence electrons.